The summed E-state index contributed by atoms with van der Waals surface area (Å²) in [5.41, 5.74) is 2.52. The van der Waals surface area contributed by atoms with Gasteiger partial charge < -0.3 is 0 Å². The van der Waals surface area contributed by atoms with Crippen LogP contribution >= 0.6 is 39.1 Å². The van der Waals surface area contributed by atoms with Crippen molar-refractivity contribution in [2.45, 2.75) is 18.7 Å². The minimum atomic E-state index is -0.315. The third kappa shape index (κ3) is 3.71. The first kappa shape index (κ1) is 14.8. The third-order valence-electron chi connectivity index (χ3n) is 2.87. The van der Waals surface area contributed by atoms with Crippen molar-refractivity contribution in [2.75, 3.05) is 0 Å². The highest BCUT2D eigenvalue weighted by Crippen LogP contribution is 2.31. The molecule has 0 nitrogen and oxygen atoms in total. The van der Waals surface area contributed by atoms with Gasteiger partial charge in [-0.15, -0.1) is 11.6 Å². The first-order chi connectivity index (χ1) is 8.97. The summed E-state index contributed by atoms with van der Waals surface area (Å²) in [7, 11) is 0. The molecule has 19 heavy (non-hydrogen) atoms. The first-order valence-corrected chi connectivity index (χ1v) is 7.42. The summed E-state index contributed by atoms with van der Waals surface area (Å²) in [6.45, 7) is 1.99. The van der Waals surface area contributed by atoms with Crippen LogP contribution < -0.4 is 0 Å². The van der Waals surface area contributed by atoms with Gasteiger partial charge in [-0.1, -0.05) is 39.7 Å². The number of halogens is 4. The highest BCUT2D eigenvalue weighted by molar-refractivity contribution is 9.10. The Morgan fingerprint density at radius 2 is 2.00 bits per heavy atom. The molecule has 0 aliphatic heterocycles. The predicted octanol–water partition coefficient (Wildman–Crippen LogP) is 6.07. The topological polar surface area (TPSA) is 0 Å². The van der Waals surface area contributed by atoms with Crippen molar-refractivity contribution < 1.29 is 4.39 Å². The lowest BCUT2D eigenvalue weighted by Gasteiger charge is -2.13. The SMILES string of the molecule is Cc1cc(Br)cc(C(Cl)Cc2c(F)cccc2Cl)c1. The molecule has 2 rings (SSSR count). The van der Waals surface area contributed by atoms with E-state index in [0.29, 0.717) is 17.0 Å². The van der Waals surface area contributed by atoms with Crippen molar-refractivity contribution in [2.24, 2.45) is 0 Å². The van der Waals surface area contributed by atoms with Crippen LogP contribution in [0.25, 0.3) is 0 Å². The zero-order valence-electron chi connectivity index (χ0n) is 10.3. The summed E-state index contributed by atoms with van der Waals surface area (Å²) in [6.07, 6.45) is 0.364. The maximum absolute atomic E-state index is 13.7. The van der Waals surface area contributed by atoms with E-state index in [-0.39, 0.29) is 11.2 Å². The predicted molar refractivity (Wildman–Crippen MR) is 82.6 cm³/mol. The van der Waals surface area contributed by atoms with Gasteiger partial charge in [-0.2, -0.15) is 0 Å². The normalized spacial score (nSPS) is 12.5. The summed E-state index contributed by atoms with van der Waals surface area (Å²) in [6, 6.07) is 10.6. The zero-order chi connectivity index (χ0) is 14.0. The molecule has 0 aromatic heterocycles. The molecule has 0 N–H and O–H groups in total. The molecule has 0 amide bonds. The molecular formula is C15H12BrCl2F. The van der Waals surface area contributed by atoms with E-state index in [1.807, 2.05) is 25.1 Å². The van der Waals surface area contributed by atoms with Gasteiger partial charge >= 0.3 is 0 Å². The van der Waals surface area contributed by atoms with Crippen LogP contribution in [0.3, 0.4) is 0 Å². The van der Waals surface area contributed by atoms with Crippen molar-refractivity contribution in [3.05, 3.63) is 68.4 Å². The number of benzene rings is 2. The zero-order valence-corrected chi connectivity index (χ0v) is 13.4. The summed E-state index contributed by atoms with van der Waals surface area (Å²) in [5, 5.41) is 0.1000. The van der Waals surface area contributed by atoms with Crippen LogP contribution in [0, 0.1) is 12.7 Å². The van der Waals surface area contributed by atoms with E-state index in [2.05, 4.69) is 15.9 Å². The Balaban J connectivity index is 2.28. The smallest absolute Gasteiger partial charge is 0.127 e. The summed E-state index contributed by atoms with van der Waals surface area (Å²) < 4.78 is 14.7. The molecule has 100 valence electrons. The highest BCUT2D eigenvalue weighted by Gasteiger charge is 2.15. The Morgan fingerprint density at radius 3 is 2.63 bits per heavy atom. The second-order valence-corrected chi connectivity index (χ2v) is 6.28. The van der Waals surface area contributed by atoms with Crippen LogP contribution in [0.2, 0.25) is 5.02 Å². The highest BCUT2D eigenvalue weighted by atomic mass is 79.9. The van der Waals surface area contributed by atoms with Crippen LogP contribution in [0.15, 0.2) is 40.9 Å². The van der Waals surface area contributed by atoms with Gasteiger partial charge in [0, 0.05) is 15.1 Å². The second kappa shape index (κ2) is 6.25. The Bertz CT molecular complexity index is 558. The monoisotopic (exact) mass is 360 g/mol. The number of hydrogen-bond donors (Lipinski definition) is 0. The number of alkyl halides is 1. The summed E-state index contributed by atoms with van der Waals surface area (Å²) >= 11 is 15.8. The molecule has 0 spiro atoms. The summed E-state index contributed by atoms with van der Waals surface area (Å²) in [5.74, 6) is -0.315. The van der Waals surface area contributed by atoms with Gasteiger partial charge in [0.25, 0.3) is 0 Å². The van der Waals surface area contributed by atoms with Crippen LogP contribution in [0.1, 0.15) is 22.1 Å². The lowest BCUT2D eigenvalue weighted by molar-refractivity contribution is 0.607. The van der Waals surface area contributed by atoms with E-state index in [9.17, 15) is 4.39 Å². The Kier molecular flexibility index (Phi) is 4.88. The number of aryl methyl sites for hydroxylation is 1. The van der Waals surface area contributed by atoms with Crippen molar-refractivity contribution in [1.82, 2.24) is 0 Å². The van der Waals surface area contributed by atoms with Crippen LogP contribution in [0.5, 0.6) is 0 Å². The standard InChI is InChI=1S/C15H12BrCl2F/c1-9-5-10(7-11(16)6-9)14(18)8-12-13(17)3-2-4-15(12)19/h2-7,14H,8H2,1H3. The van der Waals surface area contributed by atoms with Gasteiger partial charge in [-0.25, -0.2) is 4.39 Å². The Labute approximate surface area is 130 Å². The average Bonchev–Trinajstić information content (AvgIpc) is 2.32. The molecule has 0 bridgehead atoms. The van der Waals surface area contributed by atoms with Gasteiger partial charge in [-0.3, -0.25) is 0 Å². The lowest BCUT2D eigenvalue weighted by Crippen LogP contribution is -2.00. The second-order valence-electron chi connectivity index (χ2n) is 4.43. The van der Waals surface area contributed by atoms with Crippen molar-refractivity contribution >= 4 is 39.1 Å². The van der Waals surface area contributed by atoms with E-state index in [1.165, 1.54) is 6.07 Å². The molecular weight excluding hydrogens is 350 g/mol. The fourth-order valence-corrected chi connectivity index (χ4v) is 3.12. The molecule has 2 aromatic rings. The maximum atomic E-state index is 13.7. The Morgan fingerprint density at radius 1 is 1.26 bits per heavy atom. The molecule has 0 aliphatic carbocycles. The molecule has 4 heteroatoms. The van der Waals surface area contributed by atoms with Crippen molar-refractivity contribution in [1.29, 1.82) is 0 Å². The molecule has 0 fully saturated rings. The van der Waals surface area contributed by atoms with Crippen molar-refractivity contribution in [3.8, 4) is 0 Å². The van der Waals surface area contributed by atoms with Gasteiger partial charge in [-0.05, 0) is 48.7 Å². The fourth-order valence-electron chi connectivity index (χ4n) is 1.97. The first-order valence-electron chi connectivity index (χ1n) is 5.81. The molecule has 1 unspecified atom stereocenters. The molecule has 1 atom stereocenters. The van der Waals surface area contributed by atoms with E-state index in [4.69, 9.17) is 23.2 Å². The quantitative estimate of drug-likeness (QED) is 0.581. The molecule has 0 saturated carbocycles. The fraction of sp³-hybridized carbons (Fsp3) is 0.200. The Hall–Kier alpha value is -0.570. The summed E-state index contributed by atoms with van der Waals surface area (Å²) in [4.78, 5) is 0. The molecule has 0 radical (unpaired) electrons. The molecule has 0 saturated heterocycles. The lowest BCUT2D eigenvalue weighted by atomic mass is 10.0. The average molecular weight is 362 g/mol. The minimum absolute atomic E-state index is 0.314. The molecule has 2 aromatic carbocycles. The maximum Gasteiger partial charge on any atom is 0.127 e. The van der Waals surface area contributed by atoms with Gasteiger partial charge in [0.2, 0.25) is 0 Å². The van der Waals surface area contributed by atoms with Crippen molar-refractivity contribution in [3.63, 3.8) is 0 Å². The molecule has 0 aliphatic rings. The number of rotatable bonds is 3. The minimum Gasteiger partial charge on any atom is -0.207 e. The van der Waals surface area contributed by atoms with Gasteiger partial charge in [0.1, 0.15) is 5.82 Å². The molecule has 0 heterocycles. The van der Waals surface area contributed by atoms with E-state index < -0.39 is 0 Å². The van der Waals surface area contributed by atoms with E-state index in [0.717, 1.165) is 15.6 Å². The van der Waals surface area contributed by atoms with Crippen LogP contribution in [0.4, 0.5) is 4.39 Å². The third-order valence-corrected chi connectivity index (χ3v) is 4.09. The van der Waals surface area contributed by atoms with Gasteiger partial charge in [0.15, 0.2) is 0 Å². The largest absolute Gasteiger partial charge is 0.207 e. The van der Waals surface area contributed by atoms with E-state index in [1.54, 1.807) is 12.1 Å². The number of hydrogen-bond acceptors (Lipinski definition) is 0. The van der Waals surface area contributed by atoms with Gasteiger partial charge in [0.05, 0.1) is 5.38 Å². The van der Waals surface area contributed by atoms with Crippen LogP contribution in [-0.2, 0) is 6.42 Å². The van der Waals surface area contributed by atoms with E-state index >= 15 is 0 Å². The van der Waals surface area contributed by atoms with Crippen LogP contribution in [-0.4, -0.2) is 0 Å².